The first-order valence-electron chi connectivity index (χ1n) is 10.4. The van der Waals surface area contributed by atoms with Gasteiger partial charge in [0, 0.05) is 5.69 Å². The molecule has 0 unspecified atom stereocenters. The highest BCUT2D eigenvalue weighted by molar-refractivity contribution is 7.98. The van der Waals surface area contributed by atoms with Crippen LogP contribution in [0.2, 0.25) is 0 Å². The second-order valence-corrected chi connectivity index (χ2v) is 8.38. The van der Waals surface area contributed by atoms with E-state index in [-0.39, 0.29) is 5.56 Å². The minimum atomic E-state index is -0.479. The van der Waals surface area contributed by atoms with E-state index in [0.29, 0.717) is 28.0 Å². The van der Waals surface area contributed by atoms with Gasteiger partial charge in [-0.05, 0) is 54.6 Å². The number of ether oxygens (including phenoxy) is 2. The number of H-pyrrole nitrogens is 1. The van der Waals surface area contributed by atoms with E-state index >= 15 is 0 Å². The van der Waals surface area contributed by atoms with E-state index in [9.17, 15) is 9.59 Å². The van der Waals surface area contributed by atoms with Crippen molar-refractivity contribution < 1.29 is 14.3 Å². The van der Waals surface area contributed by atoms with Crippen molar-refractivity contribution in [1.29, 1.82) is 0 Å². The van der Waals surface area contributed by atoms with Gasteiger partial charge in [-0.15, -0.1) is 0 Å². The van der Waals surface area contributed by atoms with Crippen LogP contribution < -0.4 is 10.3 Å². The van der Waals surface area contributed by atoms with Crippen LogP contribution in [-0.2, 0) is 10.5 Å². The summed E-state index contributed by atoms with van der Waals surface area (Å²) in [6, 6.07) is 20.3. The molecule has 0 aliphatic heterocycles. The van der Waals surface area contributed by atoms with Crippen LogP contribution >= 0.6 is 11.8 Å². The number of benzene rings is 3. The van der Waals surface area contributed by atoms with Gasteiger partial charge in [0.1, 0.15) is 11.6 Å². The van der Waals surface area contributed by atoms with Crippen LogP contribution in [0.4, 0.5) is 0 Å². The number of methoxy groups -OCH3 is 2. The molecule has 0 aliphatic rings. The Hall–Kier alpha value is -4.11. The average molecular weight is 473 g/mol. The summed E-state index contributed by atoms with van der Waals surface area (Å²) in [6.45, 7) is 0. The van der Waals surface area contributed by atoms with Crippen LogP contribution in [0.3, 0.4) is 0 Å². The summed E-state index contributed by atoms with van der Waals surface area (Å²) in [5.74, 6) is 1.16. The van der Waals surface area contributed by atoms with Gasteiger partial charge >= 0.3 is 5.97 Å². The van der Waals surface area contributed by atoms with Gasteiger partial charge in [0.15, 0.2) is 5.16 Å². The number of thioether (sulfide) groups is 1. The van der Waals surface area contributed by atoms with Crippen LogP contribution in [0.5, 0.6) is 5.75 Å². The molecule has 3 aromatic carbocycles. The third-order valence-corrected chi connectivity index (χ3v) is 6.33. The molecular weight excluding hydrogens is 452 g/mol. The molecule has 0 bridgehead atoms. The van der Waals surface area contributed by atoms with E-state index in [4.69, 9.17) is 14.5 Å². The maximum absolute atomic E-state index is 12.6. The Balaban J connectivity index is 1.51. The molecule has 2 aromatic heterocycles. The Labute approximate surface area is 198 Å². The van der Waals surface area contributed by atoms with Gasteiger partial charge < -0.3 is 14.5 Å². The molecule has 170 valence electrons. The van der Waals surface area contributed by atoms with E-state index in [2.05, 4.69) is 14.5 Å². The second kappa shape index (κ2) is 9.03. The fourth-order valence-electron chi connectivity index (χ4n) is 3.72. The SMILES string of the molecule is COC(=O)c1ccc2c(=O)[nH]c(CSc3nc4ccccc4n3-c3ccc(OC)cc3)nc2c1. The minimum absolute atomic E-state index is 0.263. The predicted octanol–water partition coefficient (Wildman–Crippen LogP) is 4.35. The topological polar surface area (TPSA) is 99.1 Å². The first kappa shape index (κ1) is 21.7. The van der Waals surface area contributed by atoms with E-state index in [1.807, 2.05) is 48.5 Å². The molecule has 1 N–H and O–H groups in total. The number of carbonyl (C=O) groups is 1. The van der Waals surface area contributed by atoms with E-state index in [0.717, 1.165) is 27.6 Å². The van der Waals surface area contributed by atoms with Gasteiger partial charge in [-0.1, -0.05) is 23.9 Å². The molecule has 9 heteroatoms. The number of nitrogens with one attached hydrogen (secondary N) is 1. The van der Waals surface area contributed by atoms with E-state index < -0.39 is 5.97 Å². The van der Waals surface area contributed by atoms with Crippen molar-refractivity contribution in [3.8, 4) is 11.4 Å². The molecule has 0 radical (unpaired) electrons. The van der Waals surface area contributed by atoms with Crippen LogP contribution in [0.25, 0.3) is 27.6 Å². The lowest BCUT2D eigenvalue weighted by atomic mass is 10.1. The summed E-state index contributed by atoms with van der Waals surface area (Å²) in [5, 5.41) is 1.17. The number of hydrogen-bond donors (Lipinski definition) is 1. The second-order valence-electron chi connectivity index (χ2n) is 7.44. The molecule has 5 rings (SSSR count). The Morgan fingerprint density at radius 3 is 2.56 bits per heavy atom. The van der Waals surface area contributed by atoms with Gasteiger partial charge in [-0.2, -0.15) is 0 Å². The molecule has 0 spiro atoms. The Morgan fingerprint density at radius 2 is 1.79 bits per heavy atom. The fraction of sp³-hybridized carbons (Fsp3) is 0.120. The van der Waals surface area contributed by atoms with Crippen molar-refractivity contribution in [2.75, 3.05) is 14.2 Å². The van der Waals surface area contributed by atoms with Crippen molar-refractivity contribution in [3.63, 3.8) is 0 Å². The lowest BCUT2D eigenvalue weighted by Crippen LogP contribution is -2.12. The van der Waals surface area contributed by atoms with Crippen molar-refractivity contribution in [1.82, 2.24) is 19.5 Å². The number of carbonyl (C=O) groups excluding carboxylic acids is 1. The molecule has 2 heterocycles. The van der Waals surface area contributed by atoms with Crippen molar-refractivity contribution in [2.45, 2.75) is 10.9 Å². The smallest absolute Gasteiger partial charge is 0.337 e. The maximum Gasteiger partial charge on any atom is 0.337 e. The highest BCUT2D eigenvalue weighted by Gasteiger charge is 2.15. The van der Waals surface area contributed by atoms with E-state index in [1.165, 1.54) is 18.9 Å². The number of hydrogen-bond acceptors (Lipinski definition) is 7. The number of rotatable bonds is 6. The summed E-state index contributed by atoms with van der Waals surface area (Å²) in [4.78, 5) is 36.7. The zero-order valence-electron chi connectivity index (χ0n) is 18.4. The van der Waals surface area contributed by atoms with Crippen molar-refractivity contribution in [3.05, 3.63) is 88.5 Å². The number of nitrogens with zero attached hydrogens (tertiary/aromatic N) is 3. The normalized spacial score (nSPS) is 11.1. The number of fused-ring (bicyclic) bond motifs is 2. The van der Waals surface area contributed by atoms with Crippen LogP contribution in [0, 0.1) is 0 Å². The first-order chi connectivity index (χ1) is 16.6. The number of aromatic amines is 1. The third-order valence-electron chi connectivity index (χ3n) is 5.38. The molecule has 0 saturated heterocycles. The summed E-state index contributed by atoms with van der Waals surface area (Å²) in [6.07, 6.45) is 0. The van der Waals surface area contributed by atoms with Gasteiger partial charge in [-0.25, -0.2) is 14.8 Å². The molecule has 5 aromatic rings. The number of aromatic nitrogens is 4. The van der Waals surface area contributed by atoms with E-state index in [1.54, 1.807) is 25.3 Å². The average Bonchev–Trinajstić information content (AvgIpc) is 3.25. The maximum atomic E-state index is 12.6. The number of para-hydroxylation sites is 2. The zero-order valence-corrected chi connectivity index (χ0v) is 19.3. The standard InChI is InChI=1S/C25H20N4O4S/c1-32-17-10-8-16(9-11-17)29-21-6-4-3-5-19(21)27-25(29)34-14-22-26-20-13-15(24(31)33-2)7-12-18(20)23(30)28-22/h3-13H,14H2,1-2H3,(H,26,28,30). The van der Waals surface area contributed by atoms with Gasteiger partial charge in [0.25, 0.3) is 5.56 Å². The number of imidazole rings is 1. The van der Waals surface area contributed by atoms with Crippen LogP contribution in [0.15, 0.2) is 76.7 Å². The van der Waals surface area contributed by atoms with Crippen molar-refractivity contribution in [2.24, 2.45) is 0 Å². The summed E-state index contributed by atoms with van der Waals surface area (Å²) >= 11 is 1.46. The Kier molecular flexibility index (Phi) is 5.77. The Morgan fingerprint density at radius 1 is 1.00 bits per heavy atom. The minimum Gasteiger partial charge on any atom is -0.497 e. The molecule has 34 heavy (non-hydrogen) atoms. The fourth-order valence-corrected chi connectivity index (χ4v) is 4.61. The van der Waals surface area contributed by atoms with Crippen molar-refractivity contribution >= 4 is 39.7 Å². The molecule has 8 nitrogen and oxygen atoms in total. The highest BCUT2D eigenvalue weighted by Crippen LogP contribution is 2.30. The molecule has 0 atom stereocenters. The lowest BCUT2D eigenvalue weighted by Gasteiger charge is -2.10. The van der Waals surface area contributed by atoms with Crippen LogP contribution in [-0.4, -0.2) is 39.7 Å². The van der Waals surface area contributed by atoms with Gasteiger partial charge in [0.2, 0.25) is 0 Å². The molecule has 0 saturated carbocycles. The third kappa shape index (κ3) is 4.01. The highest BCUT2D eigenvalue weighted by atomic mass is 32.2. The monoisotopic (exact) mass is 472 g/mol. The number of esters is 1. The molecule has 0 fully saturated rings. The zero-order chi connectivity index (χ0) is 23.7. The first-order valence-corrected chi connectivity index (χ1v) is 11.4. The predicted molar refractivity (Wildman–Crippen MR) is 131 cm³/mol. The summed E-state index contributed by atoms with van der Waals surface area (Å²) < 4.78 is 12.1. The molecular formula is C25H20N4O4S. The lowest BCUT2D eigenvalue weighted by molar-refractivity contribution is 0.0601. The van der Waals surface area contributed by atoms with Gasteiger partial charge in [0.05, 0.1) is 47.5 Å². The van der Waals surface area contributed by atoms with Gasteiger partial charge in [-0.3, -0.25) is 9.36 Å². The summed E-state index contributed by atoms with van der Waals surface area (Å²) in [5.41, 5.74) is 3.29. The summed E-state index contributed by atoms with van der Waals surface area (Å²) in [7, 11) is 2.95. The largest absolute Gasteiger partial charge is 0.497 e. The molecule has 0 aliphatic carbocycles. The molecule has 0 amide bonds. The quantitative estimate of drug-likeness (QED) is 0.290. The Bertz CT molecular complexity index is 1570. The van der Waals surface area contributed by atoms with Crippen LogP contribution in [0.1, 0.15) is 16.2 Å².